The Kier molecular flexibility index (Phi) is 15.1. The van der Waals surface area contributed by atoms with Gasteiger partial charge in [0.2, 0.25) is 0 Å². The van der Waals surface area contributed by atoms with E-state index in [4.69, 9.17) is 0 Å². The van der Waals surface area contributed by atoms with Crippen molar-refractivity contribution in [3.05, 3.63) is 110 Å². The summed E-state index contributed by atoms with van der Waals surface area (Å²) in [5, 5.41) is 0. The molecule has 0 aliphatic carbocycles. The zero-order valence-corrected chi connectivity index (χ0v) is 24.7. The highest BCUT2D eigenvalue weighted by Gasteiger charge is 2.03. The molecule has 0 fully saturated rings. The predicted molar refractivity (Wildman–Crippen MR) is 160 cm³/mol. The van der Waals surface area contributed by atoms with Crippen LogP contribution >= 0.6 is 0 Å². The maximum absolute atomic E-state index is 11.4. The SMILES string of the molecule is CC(CCCc1ccccc1)N(C)C.CCC(C)=C(C)C.Cc1ccc(Cc2ncc(C)c(=O)[nH]2)cc1. The molecule has 1 N–H and O–H groups in total. The molecule has 0 aliphatic heterocycles. The first kappa shape index (κ1) is 32.0. The maximum atomic E-state index is 11.4. The predicted octanol–water partition coefficient (Wildman–Crippen LogP) is 7.69. The third-order valence-electron chi connectivity index (χ3n) is 6.72. The van der Waals surface area contributed by atoms with Gasteiger partial charge in [-0.3, -0.25) is 4.79 Å². The molecule has 0 amide bonds. The highest BCUT2D eigenvalue weighted by Crippen LogP contribution is 2.09. The van der Waals surface area contributed by atoms with Gasteiger partial charge in [0, 0.05) is 24.2 Å². The summed E-state index contributed by atoms with van der Waals surface area (Å²) in [5.74, 6) is 0.708. The van der Waals surface area contributed by atoms with Gasteiger partial charge < -0.3 is 9.88 Å². The third kappa shape index (κ3) is 13.8. The number of hydrogen-bond acceptors (Lipinski definition) is 3. The minimum Gasteiger partial charge on any atom is -0.310 e. The van der Waals surface area contributed by atoms with Crippen LogP contribution in [0.25, 0.3) is 0 Å². The molecule has 0 saturated carbocycles. The normalized spacial score (nSPS) is 11.1. The molecule has 1 unspecified atom stereocenters. The van der Waals surface area contributed by atoms with Crippen LogP contribution in [0.15, 0.2) is 76.7 Å². The minimum atomic E-state index is -0.0582. The highest BCUT2D eigenvalue weighted by molar-refractivity contribution is 5.24. The van der Waals surface area contributed by atoms with Gasteiger partial charge in [-0.25, -0.2) is 4.98 Å². The highest BCUT2D eigenvalue weighted by atomic mass is 16.1. The second-order valence-corrected chi connectivity index (χ2v) is 10.3. The van der Waals surface area contributed by atoms with Crippen LogP contribution in [0.5, 0.6) is 0 Å². The van der Waals surface area contributed by atoms with E-state index in [0.29, 0.717) is 23.9 Å². The molecular formula is C33H49N3O. The Morgan fingerprint density at radius 1 is 0.946 bits per heavy atom. The number of aromatic nitrogens is 2. The van der Waals surface area contributed by atoms with Crippen LogP contribution in [-0.4, -0.2) is 35.0 Å². The smallest absolute Gasteiger partial charge is 0.253 e. The molecular weight excluding hydrogens is 454 g/mol. The average molecular weight is 504 g/mol. The van der Waals surface area contributed by atoms with Crippen LogP contribution in [0.2, 0.25) is 0 Å². The van der Waals surface area contributed by atoms with Crippen molar-refractivity contribution < 1.29 is 0 Å². The molecule has 1 heterocycles. The van der Waals surface area contributed by atoms with E-state index >= 15 is 0 Å². The lowest BCUT2D eigenvalue weighted by Gasteiger charge is -2.19. The van der Waals surface area contributed by atoms with Crippen LogP contribution in [0.3, 0.4) is 0 Å². The Balaban J connectivity index is 0.000000299. The van der Waals surface area contributed by atoms with E-state index in [1.54, 1.807) is 13.1 Å². The Bertz CT molecular complexity index is 1110. The molecule has 3 aromatic rings. The van der Waals surface area contributed by atoms with E-state index in [1.807, 2.05) is 0 Å². The van der Waals surface area contributed by atoms with Crippen LogP contribution in [0.1, 0.15) is 82.0 Å². The monoisotopic (exact) mass is 503 g/mol. The average Bonchev–Trinajstić information content (AvgIpc) is 2.88. The van der Waals surface area contributed by atoms with Crippen molar-refractivity contribution in [1.29, 1.82) is 0 Å². The van der Waals surface area contributed by atoms with Crippen LogP contribution < -0.4 is 5.56 Å². The molecule has 1 aromatic heterocycles. The number of H-pyrrole nitrogens is 1. The summed E-state index contributed by atoms with van der Waals surface area (Å²) in [7, 11) is 4.29. The molecule has 1 atom stereocenters. The molecule has 2 aromatic carbocycles. The van der Waals surface area contributed by atoms with E-state index in [1.165, 1.54) is 48.0 Å². The first-order valence-electron chi connectivity index (χ1n) is 13.5. The fourth-order valence-electron chi connectivity index (χ4n) is 3.34. The summed E-state index contributed by atoms with van der Waals surface area (Å²) in [6.07, 6.45) is 7.24. The van der Waals surface area contributed by atoms with Crippen LogP contribution in [0.4, 0.5) is 0 Å². The van der Waals surface area contributed by atoms with E-state index in [-0.39, 0.29) is 5.56 Å². The number of benzene rings is 2. The van der Waals surface area contributed by atoms with Crippen LogP contribution in [0, 0.1) is 13.8 Å². The fourth-order valence-corrected chi connectivity index (χ4v) is 3.34. The van der Waals surface area contributed by atoms with Crippen molar-refractivity contribution in [2.75, 3.05) is 14.1 Å². The molecule has 0 bridgehead atoms. The maximum Gasteiger partial charge on any atom is 0.253 e. The number of nitrogens with one attached hydrogen (secondary N) is 1. The molecule has 0 spiro atoms. The largest absolute Gasteiger partial charge is 0.310 e. The summed E-state index contributed by atoms with van der Waals surface area (Å²) >= 11 is 0. The van der Waals surface area contributed by atoms with Gasteiger partial charge in [0.05, 0.1) is 0 Å². The molecule has 4 heteroatoms. The van der Waals surface area contributed by atoms with E-state index in [0.717, 1.165) is 5.56 Å². The van der Waals surface area contributed by atoms with Gasteiger partial charge >= 0.3 is 0 Å². The summed E-state index contributed by atoms with van der Waals surface area (Å²) in [4.78, 5) is 20.6. The molecule has 37 heavy (non-hydrogen) atoms. The van der Waals surface area contributed by atoms with Crippen molar-refractivity contribution in [1.82, 2.24) is 14.9 Å². The molecule has 0 aliphatic rings. The first-order valence-corrected chi connectivity index (χ1v) is 13.5. The van der Waals surface area contributed by atoms with Gasteiger partial charge in [0.25, 0.3) is 5.56 Å². The van der Waals surface area contributed by atoms with Gasteiger partial charge in [-0.15, -0.1) is 0 Å². The second-order valence-electron chi connectivity index (χ2n) is 10.3. The lowest BCUT2D eigenvalue weighted by atomic mass is 10.1. The van der Waals surface area contributed by atoms with Crippen molar-refractivity contribution >= 4 is 0 Å². The molecule has 202 valence electrons. The Morgan fingerprint density at radius 2 is 1.57 bits per heavy atom. The summed E-state index contributed by atoms with van der Waals surface area (Å²) in [5.41, 5.74) is 7.40. The zero-order valence-electron chi connectivity index (χ0n) is 24.7. The number of allylic oxidation sites excluding steroid dienone is 2. The number of aromatic amines is 1. The van der Waals surface area contributed by atoms with E-state index < -0.39 is 0 Å². The molecule has 3 rings (SSSR count). The van der Waals surface area contributed by atoms with E-state index in [2.05, 4.69) is 125 Å². The van der Waals surface area contributed by atoms with Gasteiger partial charge in [-0.05, 0) is 92.4 Å². The number of aryl methyl sites for hydroxylation is 3. The van der Waals surface area contributed by atoms with Gasteiger partial charge in [-0.2, -0.15) is 0 Å². The van der Waals surface area contributed by atoms with E-state index in [9.17, 15) is 4.79 Å². The Hall–Kier alpha value is -2.98. The minimum absolute atomic E-state index is 0.0582. The standard InChI is InChI=1S/C13H14N2O.C13H21N.C7H14/c1-9-3-5-11(6-4-9)7-12-14-8-10(2)13(16)15-12;1-12(14(2)3)8-7-11-13-9-5-4-6-10-13;1-5-7(4)6(2)3/h3-6,8H,7H2,1-2H3,(H,14,15,16);4-6,9-10,12H,7-8,11H2,1-3H3;5H2,1-4H3. The molecule has 0 saturated heterocycles. The third-order valence-corrected chi connectivity index (χ3v) is 6.72. The Morgan fingerprint density at radius 3 is 2.05 bits per heavy atom. The summed E-state index contributed by atoms with van der Waals surface area (Å²) in [6.45, 7) is 14.7. The van der Waals surface area contributed by atoms with Crippen molar-refractivity contribution in [3.8, 4) is 0 Å². The van der Waals surface area contributed by atoms with Gasteiger partial charge in [-0.1, -0.05) is 78.2 Å². The summed E-state index contributed by atoms with van der Waals surface area (Å²) < 4.78 is 0. The van der Waals surface area contributed by atoms with Gasteiger partial charge in [0.15, 0.2) is 0 Å². The zero-order chi connectivity index (χ0) is 27.8. The fraction of sp³-hybridized carbons (Fsp3) is 0.455. The lowest BCUT2D eigenvalue weighted by molar-refractivity contribution is 0.294. The second kappa shape index (κ2) is 17.5. The number of hydrogen-bond donors (Lipinski definition) is 1. The number of nitrogens with zero attached hydrogens (tertiary/aromatic N) is 2. The van der Waals surface area contributed by atoms with Crippen LogP contribution in [-0.2, 0) is 12.8 Å². The lowest BCUT2D eigenvalue weighted by Crippen LogP contribution is -2.24. The Labute approximate surface area is 225 Å². The quantitative estimate of drug-likeness (QED) is 0.321. The first-order chi connectivity index (χ1) is 17.5. The number of rotatable bonds is 8. The summed E-state index contributed by atoms with van der Waals surface area (Å²) in [6, 6.07) is 19.6. The van der Waals surface area contributed by atoms with Crippen molar-refractivity contribution in [2.24, 2.45) is 0 Å². The molecule has 4 nitrogen and oxygen atoms in total. The van der Waals surface area contributed by atoms with Crippen molar-refractivity contribution in [3.63, 3.8) is 0 Å². The van der Waals surface area contributed by atoms with Crippen molar-refractivity contribution in [2.45, 2.75) is 86.6 Å². The van der Waals surface area contributed by atoms with Gasteiger partial charge in [0.1, 0.15) is 5.82 Å². The topological polar surface area (TPSA) is 49.0 Å². The molecule has 0 radical (unpaired) electrons.